The Labute approximate surface area is 110 Å². The zero-order chi connectivity index (χ0) is 13.5. The van der Waals surface area contributed by atoms with Gasteiger partial charge in [0.2, 0.25) is 0 Å². The van der Waals surface area contributed by atoms with Gasteiger partial charge in [0.1, 0.15) is 5.75 Å². The first kappa shape index (κ1) is 14.7. The van der Waals surface area contributed by atoms with Crippen molar-refractivity contribution in [3.05, 3.63) is 29.3 Å². The van der Waals surface area contributed by atoms with Crippen LogP contribution in [-0.4, -0.2) is 5.97 Å². The summed E-state index contributed by atoms with van der Waals surface area (Å²) in [6.45, 7) is 8.16. The number of hydrogen-bond acceptors (Lipinski definition) is 2. The van der Waals surface area contributed by atoms with Crippen molar-refractivity contribution >= 4 is 5.97 Å². The third-order valence-corrected chi connectivity index (χ3v) is 3.29. The molecule has 0 aromatic heterocycles. The van der Waals surface area contributed by atoms with Crippen LogP contribution >= 0.6 is 0 Å². The van der Waals surface area contributed by atoms with E-state index in [2.05, 4.69) is 6.92 Å². The van der Waals surface area contributed by atoms with Crippen molar-refractivity contribution in [1.82, 2.24) is 0 Å². The van der Waals surface area contributed by atoms with Crippen LogP contribution in [0.25, 0.3) is 0 Å². The van der Waals surface area contributed by atoms with Gasteiger partial charge in [-0.15, -0.1) is 0 Å². The van der Waals surface area contributed by atoms with Crippen molar-refractivity contribution in [3.8, 4) is 5.75 Å². The zero-order valence-electron chi connectivity index (χ0n) is 12.0. The minimum absolute atomic E-state index is 0.0323. The van der Waals surface area contributed by atoms with Gasteiger partial charge in [0.15, 0.2) is 0 Å². The van der Waals surface area contributed by atoms with E-state index in [4.69, 9.17) is 4.74 Å². The summed E-state index contributed by atoms with van der Waals surface area (Å²) in [5, 5.41) is 0. The minimum Gasteiger partial charge on any atom is -0.426 e. The lowest BCUT2D eigenvalue weighted by Crippen LogP contribution is -2.20. The number of carbonyl (C=O) groups is 1. The Kier molecular flexibility index (Phi) is 5.90. The van der Waals surface area contributed by atoms with Crippen LogP contribution < -0.4 is 4.74 Å². The van der Waals surface area contributed by atoms with Crippen LogP contribution in [-0.2, 0) is 4.79 Å². The van der Waals surface area contributed by atoms with Crippen LogP contribution in [0.1, 0.15) is 50.7 Å². The fourth-order valence-corrected chi connectivity index (χ4v) is 1.95. The van der Waals surface area contributed by atoms with Gasteiger partial charge in [-0.05, 0) is 43.9 Å². The molecule has 0 aliphatic heterocycles. The number of benzene rings is 1. The van der Waals surface area contributed by atoms with Gasteiger partial charge in [0, 0.05) is 0 Å². The highest BCUT2D eigenvalue weighted by molar-refractivity contribution is 5.75. The molecule has 0 heterocycles. The molecule has 0 unspecified atom stereocenters. The molecule has 0 saturated carbocycles. The van der Waals surface area contributed by atoms with Crippen molar-refractivity contribution in [2.24, 2.45) is 5.92 Å². The second kappa shape index (κ2) is 7.20. The number of ether oxygens (including phenoxy) is 1. The lowest BCUT2D eigenvalue weighted by molar-refractivity contribution is -0.139. The second-order valence-corrected chi connectivity index (χ2v) is 4.94. The molecular formula is C16H24O2. The highest BCUT2D eigenvalue weighted by Crippen LogP contribution is 2.22. The van der Waals surface area contributed by atoms with E-state index in [1.165, 1.54) is 0 Å². The number of hydrogen-bond donors (Lipinski definition) is 0. The summed E-state index contributed by atoms with van der Waals surface area (Å²) in [6.07, 6.45) is 3.98. The van der Waals surface area contributed by atoms with E-state index in [1.54, 1.807) is 0 Å². The molecule has 18 heavy (non-hydrogen) atoms. The maximum atomic E-state index is 12.1. The number of esters is 1. The zero-order valence-corrected chi connectivity index (χ0v) is 12.0. The molecule has 1 atom stereocenters. The van der Waals surface area contributed by atoms with Crippen molar-refractivity contribution in [2.75, 3.05) is 0 Å². The Morgan fingerprint density at radius 3 is 2.61 bits per heavy atom. The molecule has 2 nitrogen and oxygen atoms in total. The van der Waals surface area contributed by atoms with E-state index in [-0.39, 0.29) is 11.9 Å². The molecule has 2 heteroatoms. The van der Waals surface area contributed by atoms with Crippen LogP contribution in [0, 0.1) is 19.8 Å². The summed E-state index contributed by atoms with van der Waals surface area (Å²) in [6, 6.07) is 5.95. The number of rotatable bonds is 6. The number of carbonyl (C=O) groups excluding carboxylic acids is 1. The molecule has 0 N–H and O–H groups in total. The van der Waals surface area contributed by atoms with Gasteiger partial charge in [0.25, 0.3) is 0 Å². The van der Waals surface area contributed by atoms with Gasteiger partial charge in [0.05, 0.1) is 5.92 Å². The van der Waals surface area contributed by atoms with E-state index >= 15 is 0 Å². The van der Waals surface area contributed by atoms with E-state index < -0.39 is 0 Å². The van der Waals surface area contributed by atoms with Crippen molar-refractivity contribution in [3.63, 3.8) is 0 Å². The molecule has 0 radical (unpaired) electrons. The highest BCUT2D eigenvalue weighted by atomic mass is 16.5. The summed E-state index contributed by atoms with van der Waals surface area (Å²) < 4.78 is 5.54. The molecule has 100 valence electrons. The van der Waals surface area contributed by atoms with Crippen LogP contribution in [0.4, 0.5) is 0 Å². The average molecular weight is 248 g/mol. The van der Waals surface area contributed by atoms with Gasteiger partial charge in [-0.3, -0.25) is 4.79 Å². The van der Waals surface area contributed by atoms with Crippen LogP contribution in [0.3, 0.4) is 0 Å². The summed E-state index contributed by atoms with van der Waals surface area (Å²) >= 11 is 0. The summed E-state index contributed by atoms with van der Waals surface area (Å²) in [5.41, 5.74) is 2.13. The third-order valence-electron chi connectivity index (χ3n) is 3.29. The molecule has 0 aliphatic rings. The molecule has 0 spiro atoms. The fourth-order valence-electron chi connectivity index (χ4n) is 1.95. The molecular weight excluding hydrogens is 224 g/mol. The Balaban J connectivity index is 2.70. The van der Waals surface area contributed by atoms with Crippen molar-refractivity contribution in [2.45, 2.75) is 53.4 Å². The molecule has 0 fully saturated rings. The minimum atomic E-state index is -0.0837. The quantitative estimate of drug-likeness (QED) is 0.550. The first-order valence-corrected chi connectivity index (χ1v) is 6.87. The van der Waals surface area contributed by atoms with Gasteiger partial charge in [-0.25, -0.2) is 0 Å². The molecule has 1 aromatic rings. The smallest absolute Gasteiger partial charge is 0.314 e. The SMILES string of the molecule is CCCC[C@H](CC)C(=O)Oc1cc(C)ccc1C. The van der Waals surface area contributed by atoms with Gasteiger partial charge >= 0.3 is 5.97 Å². The van der Waals surface area contributed by atoms with E-state index in [9.17, 15) is 4.79 Å². The molecule has 1 aromatic carbocycles. The maximum absolute atomic E-state index is 12.1. The summed E-state index contributed by atoms with van der Waals surface area (Å²) in [4.78, 5) is 12.1. The van der Waals surface area contributed by atoms with E-state index in [0.717, 1.165) is 36.8 Å². The Morgan fingerprint density at radius 1 is 1.28 bits per heavy atom. The standard InChI is InChI=1S/C16H24O2/c1-5-7-8-14(6-2)16(17)18-15-11-12(3)9-10-13(15)4/h9-11,14H,5-8H2,1-4H3/t14-/m0/s1. The third kappa shape index (κ3) is 4.17. The van der Waals surface area contributed by atoms with Gasteiger partial charge < -0.3 is 4.74 Å². The predicted octanol–water partition coefficient (Wildman–Crippen LogP) is 4.43. The van der Waals surface area contributed by atoms with E-state index in [0.29, 0.717) is 5.75 Å². The Hall–Kier alpha value is -1.31. The summed E-state index contributed by atoms with van der Waals surface area (Å²) in [5.74, 6) is 0.652. The Morgan fingerprint density at radius 2 is 2.00 bits per heavy atom. The molecule has 1 rings (SSSR count). The lowest BCUT2D eigenvalue weighted by Gasteiger charge is -2.15. The molecule has 0 amide bonds. The average Bonchev–Trinajstić information content (AvgIpc) is 2.35. The normalized spacial score (nSPS) is 12.2. The van der Waals surface area contributed by atoms with E-state index in [1.807, 2.05) is 39.0 Å². The monoisotopic (exact) mass is 248 g/mol. The number of aryl methyl sites for hydroxylation is 2. The number of unbranched alkanes of at least 4 members (excludes halogenated alkanes) is 1. The second-order valence-electron chi connectivity index (χ2n) is 4.94. The molecule has 0 bridgehead atoms. The maximum Gasteiger partial charge on any atom is 0.314 e. The van der Waals surface area contributed by atoms with Crippen molar-refractivity contribution < 1.29 is 9.53 Å². The van der Waals surface area contributed by atoms with Crippen LogP contribution in [0.2, 0.25) is 0 Å². The van der Waals surface area contributed by atoms with Gasteiger partial charge in [-0.1, -0.05) is 38.8 Å². The lowest BCUT2D eigenvalue weighted by atomic mass is 10.00. The first-order valence-electron chi connectivity index (χ1n) is 6.87. The van der Waals surface area contributed by atoms with Crippen LogP contribution in [0.5, 0.6) is 5.75 Å². The topological polar surface area (TPSA) is 26.3 Å². The Bertz CT molecular complexity index is 396. The highest BCUT2D eigenvalue weighted by Gasteiger charge is 2.18. The summed E-state index contributed by atoms with van der Waals surface area (Å²) in [7, 11) is 0. The molecule has 0 saturated heterocycles. The first-order chi connectivity index (χ1) is 8.58. The van der Waals surface area contributed by atoms with Gasteiger partial charge in [-0.2, -0.15) is 0 Å². The van der Waals surface area contributed by atoms with Crippen molar-refractivity contribution in [1.29, 1.82) is 0 Å². The predicted molar refractivity (Wildman–Crippen MR) is 74.9 cm³/mol. The van der Waals surface area contributed by atoms with Crippen LogP contribution in [0.15, 0.2) is 18.2 Å². The fraction of sp³-hybridized carbons (Fsp3) is 0.562. The largest absolute Gasteiger partial charge is 0.426 e. The molecule has 0 aliphatic carbocycles.